The van der Waals surface area contributed by atoms with Gasteiger partial charge in [0.15, 0.2) is 0 Å². The lowest BCUT2D eigenvalue weighted by molar-refractivity contribution is -0.145. The predicted molar refractivity (Wildman–Crippen MR) is 104 cm³/mol. The molecule has 0 bridgehead atoms. The molecule has 1 aliphatic heterocycles. The van der Waals surface area contributed by atoms with Crippen LogP contribution in [0.5, 0.6) is 0 Å². The lowest BCUT2D eigenvalue weighted by atomic mass is 9.95. The summed E-state index contributed by atoms with van der Waals surface area (Å²) in [6.45, 7) is 6.46. The van der Waals surface area contributed by atoms with Crippen molar-refractivity contribution in [2.45, 2.75) is 32.2 Å². The highest BCUT2D eigenvalue weighted by atomic mass is 16.2. The van der Waals surface area contributed by atoms with Crippen molar-refractivity contribution in [3.8, 4) is 0 Å². The molecule has 1 fully saturated rings. The predicted octanol–water partition coefficient (Wildman–Crippen LogP) is 2.19. The van der Waals surface area contributed by atoms with Crippen LogP contribution in [0.1, 0.15) is 36.5 Å². The minimum Gasteiger partial charge on any atom is -0.366 e. The lowest BCUT2D eigenvalue weighted by Crippen LogP contribution is -2.48. The molecule has 7 heteroatoms. The smallest absolute Gasteiger partial charge is 0.313 e. The van der Waals surface area contributed by atoms with Crippen molar-refractivity contribution in [1.29, 1.82) is 0 Å². The van der Waals surface area contributed by atoms with Crippen LogP contribution in [0.25, 0.3) is 0 Å². The molecule has 1 aromatic rings. The van der Waals surface area contributed by atoms with Crippen molar-refractivity contribution >= 4 is 23.4 Å². The van der Waals surface area contributed by atoms with E-state index in [2.05, 4.69) is 16.9 Å². The van der Waals surface area contributed by atoms with Crippen LogP contribution in [0, 0.1) is 0 Å². The molecular formula is C20H24N4O3. The number of nitrogens with one attached hydrogen (secondary N) is 1. The number of hydrogen-bond donors (Lipinski definition) is 2. The molecule has 1 saturated heterocycles. The van der Waals surface area contributed by atoms with Gasteiger partial charge in [0.2, 0.25) is 5.91 Å². The molecule has 0 saturated carbocycles. The number of anilines is 1. The Morgan fingerprint density at radius 1 is 1.30 bits per heavy atom. The Morgan fingerprint density at radius 3 is 2.78 bits per heavy atom. The number of pyridine rings is 1. The van der Waals surface area contributed by atoms with E-state index in [0.29, 0.717) is 6.54 Å². The molecule has 1 atom stereocenters. The molecule has 0 radical (unpaired) electrons. The van der Waals surface area contributed by atoms with E-state index in [1.165, 1.54) is 18.5 Å². The van der Waals surface area contributed by atoms with Gasteiger partial charge in [0.05, 0.1) is 23.5 Å². The Kier molecular flexibility index (Phi) is 7.05. The van der Waals surface area contributed by atoms with Crippen molar-refractivity contribution in [2.24, 2.45) is 5.73 Å². The largest absolute Gasteiger partial charge is 0.366 e. The highest BCUT2D eigenvalue weighted by Gasteiger charge is 2.31. The van der Waals surface area contributed by atoms with Gasteiger partial charge in [-0.05, 0) is 37.8 Å². The first kappa shape index (κ1) is 20.1. The molecule has 1 aliphatic rings. The van der Waals surface area contributed by atoms with Gasteiger partial charge in [0.25, 0.3) is 0 Å². The molecule has 7 nitrogen and oxygen atoms in total. The van der Waals surface area contributed by atoms with Crippen LogP contribution in [0.15, 0.2) is 54.9 Å². The van der Waals surface area contributed by atoms with Gasteiger partial charge in [0, 0.05) is 12.7 Å². The number of hydrogen-bond acceptors (Lipinski definition) is 4. The number of aromatic nitrogens is 1. The maximum atomic E-state index is 12.7. The van der Waals surface area contributed by atoms with Gasteiger partial charge in [-0.15, -0.1) is 0 Å². The highest BCUT2D eigenvalue weighted by molar-refractivity contribution is 6.39. The van der Waals surface area contributed by atoms with E-state index in [9.17, 15) is 14.4 Å². The number of likely N-dealkylation sites (tertiary alicyclic amines) is 1. The maximum absolute atomic E-state index is 12.7. The Labute approximate surface area is 158 Å². The van der Waals surface area contributed by atoms with Gasteiger partial charge in [-0.1, -0.05) is 30.9 Å². The molecule has 3 N–H and O–H groups in total. The number of nitrogens with two attached hydrogens (primary N) is 1. The zero-order chi connectivity index (χ0) is 19.8. The summed E-state index contributed by atoms with van der Waals surface area (Å²) in [4.78, 5) is 41.7. The van der Waals surface area contributed by atoms with E-state index >= 15 is 0 Å². The number of primary amides is 1. The minimum atomic E-state index is -0.782. The van der Waals surface area contributed by atoms with Crippen LogP contribution in [-0.4, -0.2) is 40.2 Å². The van der Waals surface area contributed by atoms with Crippen LogP contribution in [-0.2, 0) is 9.59 Å². The normalized spacial score (nSPS) is 17.2. The lowest BCUT2D eigenvalue weighted by Gasteiger charge is -2.35. The average molecular weight is 368 g/mol. The van der Waals surface area contributed by atoms with E-state index in [0.717, 1.165) is 24.8 Å². The Balaban J connectivity index is 2.11. The van der Waals surface area contributed by atoms with Crippen LogP contribution >= 0.6 is 0 Å². The quantitative estimate of drug-likeness (QED) is 0.614. The summed E-state index contributed by atoms with van der Waals surface area (Å²) in [7, 11) is 0. The molecule has 2 heterocycles. The van der Waals surface area contributed by atoms with Gasteiger partial charge in [-0.2, -0.15) is 0 Å². The van der Waals surface area contributed by atoms with E-state index in [-0.39, 0.29) is 17.3 Å². The molecule has 142 valence electrons. The van der Waals surface area contributed by atoms with Gasteiger partial charge < -0.3 is 16.0 Å². The van der Waals surface area contributed by atoms with Crippen LogP contribution in [0.3, 0.4) is 0 Å². The number of carbonyl (C=O) groups is 3. The number of rotatable bonds is 5. The molecule has 1 aromatic heterocycles. The molecule has 0 spiro atoms. The number of piperidine rings is 1. The number of nitrogens with zero attached hydrogens (tertiary/aromatic N) is 2. The molecule has 0 aliphatic carbocycles. The summed E-state index contributed by atoms with van der Waals surface area (Å²) < 4.78 is 0. The number of allylic oxidation sites excluding steroid dienone is 3. The molecule has 0 unspecified atom stereocenters. The zero-order valence-electron chi connectivity index (χ0n) is 15.4. The Morgan fingerprint density at radius 2 is 2.07 bits per heavy atom. The van der Waals surface area contributed by atoms with Crippen LogP contribution < -0.4 is 11.1 Å². The molecule has 3 amide bonds. The van der Waals surface area contributed by atoms with E-state index in [1.807, 2.05) is 31.2 Å². The van der Waals surface area contributed by atoms with Crippen molar-refractivity contribution in [3.05, 3.63) is 60.5 Å². The maximum Gasteiger partial charge on any atom is 0.313 e. The minimum absolute atomic E-state index is 0.151. The summed E-state index contributed by atoms with van der Waals surface area (Å²) >= 11 is 0. The van der Waals surface area contributed by atoms with Gasteiger partial charge in [-0.3, -0.25) is 19.4 Å². The molecule has 2 rings (SSSR count). The second-order valence-electron chi connectivity index (χ2n) is 6.25. The SMILES string of the molecule is C=C(/C=C\C=C/C)[C@@H]1CCCCN1C(=O)C(=O)Nc1cncc(C(N)=O)c1. The summed E-state index contributed by atoms with van der Waals surface area (Å²) in [5.74, 6) is -2.08. The summed E-state index contributed by atoms with van der Waals surface area (Å²) in [6.07, 6.45) is 12.7. The highest BCUT2D eigenvalue weighted by Crippen LogP contribution is 2.23. The van der Waals surface area contributed by atoms with E-state index < -0.39 is 17.7 Å². The van der Waals surface area contributed by atoms with Gasteiger partial charge >= 0.3 is 11.8 Å². The molecular weight excluding hydrogens is 344 g/mol. The van der Waals surface area contributed by atoms with Crippen molar-refractivity contribution < 1.29 is 14.4 Å². The molecule has 0 aromatic carbocycles. The third-order valence-electron chi connectivity index (χ3n) is 4.28. The third kappa shape index (κ3) is 5.37. The summed E-state index contributed by atoms with van der Waals surface area (Å²) in [5, 5.41) is 2.49. The zero-order valence-corrected chi connectivity index (χ0v) is 15.4. The first-order valence-electron chi connectivity index (χ1n) is 8.79. The standard InChI is InChI=1S/C20H24N4O3/c1-3-4-5-8-14(2)17-9-6-7-10-24(17)20(27)19(26)23-16-11-15(18(21)25)12-22-13-16/h3-5,8,11-13,17H,2,6-7,9-10H2,1H3,(H2,21,25)(H,23,26)/b4-3-,8-5-/t17-/m0/s1. The van der Waals surface area contributed by atoms with Crippen LogP contribution in [0.4, 0.5) is 5.69 Å². The topological polar surface area (TPSA) is 105 Å². The first-order valence-corrected chi connectivity index (χ1v) is 8.79. The fourth-order valence-corrected chi connectivity index (χ4v) is 2.92. The fraction of sp³-hybridized carbons (Fsp3) is 0.300. The van der Waals surface area contributed by atoms with E-state index in [1.54, 1.807) is 4.90 Å². The van der Waals surface area contributed by atoms with Crippen molar-refractivity contribution in [3.63, 3.8) is 0 Å². The Bertz CT molecular complexity index is 798. The number of amides is 3. The van der Waals surface area contributed by atoms with Crippen molar-refractivity contribution in [2.75, 3.05) is 11.9 Å². The van der Waals surface area contributed by atoms with E-state index in [4.69, 9.17) is 5.73 Å². The van der Waals surface area contributed by atoms with Gasteiger partial charge in [0.1, 0.15) is 0 Å². The van der Waals surface area contributed by atoms with Crippen LogP contribution in [0.2, 0.25) is 0 Å². The van der Waals surface area contributed by atoms with Gasteiger partial charge in [-0.25, -0.2) is 0 Å². The second kappa shape index (κ2) is 9.47. The Hall–Kier alpha value is -3.22. The second-order valence-corrected chi connectivity index (χ2v) is 6.25. The summed E-state index contributed by atoms with van der Waals surface area (Å²) in [6, 6.07) is 1.17. The van der Waals surface area contributed by atoms with Crippen molar-refractivity contribution in [1.82, 2.24) is 9.88 Å². The average Bonchev–Trinajstić information content (AvgIpc) is 2.67. The first-order chi connectivity index (χ1) is 12.9. The summed E-state index contributed by atoms with van der Waals surface area (Å²) in [5.41, 5.74) is 6.38. The third-order valence-corrected chi connectivity index (χ3v) is 4.28. The number of carbonyl (C=O) groups excluding carboxylic acids is 3. The molecule has 27 heavy (non-hydrogen) atoms. The monoisotopic (exact) mass is 368 g/mol. The fourth-order valence-electron chi connectivity index (χ4n) is 2.92.